The molecule has 1 aromatic heterocycles. The fourth-order valence-electron chi connectivity index (χ4n) is 3.35. The minimum Gasteiger partial charge on any atom is -0.388 e. The van der Waals surface area contributed by atoms with Gasteiger partial charge in [-0.25, -0.2) is 4.98 Å². The molecule has 0 spiro atoms. The summed E-state index contributed by atoms with van der Waals surface area (Å²) in [4.78, 5) is 18.4. The Bertz CT molecular complexity index is 705. The van der Waals surface area contributed by atoms with Crippen molar-refractivity contribution in [3.05, 3.63) is 47.0 Å². The van der Waals surface area contributed by atoms with E-state index < -0.39 is 6.10 Å². The fourth-order valence-corrected chi connectivity index (χ4v) is 3.35. The number of H-pyrrole nitrogens is 1. The van der Waals surface area contributed by atoms with Crippen molar-refractivity contribution in [1.82, 2.24) is 20.1 Å². The lowest BCUT2D eigenvalue weighted by Crippen LogP contribution is -2.40. The number of nitrogens with one attached hydrogen (secondary N) is 1. The predicted octanol–water partition coefficient (Wildman–Crippen LogP) is 1.94. The van der Waals surface area contributed by atoms with Gasteiger partial charge < -0.3 is 10.0 Å². The number of benzene rings is 1. The van der Waals surface area contributed by atoms with Crippen molar-refractivity contribution < 1.29 is 9.90 Å². The Kier molecular flexibility index (Phi) is 4.94. The lowest BCUT2D eigenvalue weighted by Gasteiger charge is -2.34. The van der Waals surface area contributed by atoms with Crippen molar-refractivity contribution in [2.75, 3.05) is 13.1 Å². The van der Waals surface area contributed by atoms with E-state index in [1.165, 1.54) is 0 Å². The maximum absolute atomic E-state index is 12.3. The molecule has 1 aromatic carbocycles. The minimum absolute atomic E-state index is 0.0535. The highest BCUT2D eigenvalue weighted by atomic mass is 16.3. The summed E-state index contributed by atoms with van der Waals surface area (Å²) in [5, 5.41) is 17.4. The SMILES string of the molecule is Cc1nc(CC(=O)N2CCC(C(O)c3ccccc3C)CC2)n[nH]1. The number of likely N-dealkylation sites (tertiary alicyclic amines) is 1. The summed E-state index contributed by atoms with van der Waals surface area (Å²) in [5.41, 5.74) is 2.11. The van der Waals surface area contributed by atoms with Crippen molar-refractivity contribution in [2.45, 2.75) is 39.2 Å². The van der Waals surface area contributed by atoms with Crippen LogP contribution in [0.5, 0.6) is 0 Å². The molecule has 2 N–H and O–H groups in total. The number of amides is 1. The summed E-state index contributed by atoms with van der Waals surface area (Å²) >= 11 is 0. The van der Waals surface area contributed by atoms with Gasteiger partial charge in [0, 0.05) is 13.1 Å². The Morgan fingerprint density at radius 1 is 1.33 bits per heavy atom. The Morgan fingerprint density at radius 2 is 2.04 bits per heavy atom. The van der Waals surface area contributed by atoms with Crippen LogP contribution in [0.25, 0.3) is 0 Å². The van der Waals surface area contributed by atoms with Gasteiger partial charge in [0.05, 0.1) is 12.5 Å². The molecule has 1 amide bonds. The number of hydrogen-bond acceptors (Lipinski definition) is 4. The number of nitrogens with zero attached hydrogens (tertiary/aromatic N) is 3. The van der Waals surface area contributed by atoms with Crippen LogP contribution < -0.4 is 0 Å². The topological polar surface area (TPSA) is 82.1 Å². The molecule has 1 atom stereocenters. The van der Waals surface area contributed by atoms with E-state index in [4.69, 9.17) is 0 Å². The summed E-state index contributed by atoms with van der Waals surface area (Å²) in [6, 6.07) is 7.96. The molecule has 1 aliphatic heterocycles. The van der Waals surface area contributed by atoms with Crippen molar-refractivity contribution >= 4 is 5.91 Å². The molecule has 128 valence electrons. The molecule has 0 saturated carbocycles. The molecule has 6 heteroatoms. The number of carbonyl (C=O) groups excluding carboxylic acids is 1. The van der Waals surface area contributed by atoms with E-state index in [9.17, 15) is 9.90 Å². The Labute approximate surface area is 141 Å². The van der Waals surface area contributed by atoms with E-state index in [1.54, 1.807) is 0 Å². The van der Waals surface area contributed by atoms with Crippen LogP contribution in [0.3, 0.4) is 0 Å². The molecule has 0 bridgehead atoms. The second-order valence-corrected chi connectivity index (χ2v) is 6.53. The number of aromatic nitrogens is 3. The summed E-state index contributed by atoms with van der Waals surface area (Å²) in [5.74, 6) is 1.51. The van der Waals surface area contributed by atoms with Gasteiger partial charge in [-0.2, -0.15) is 5.10 Å². The standard InChI is InChI=1S/C18H24N4O2/c1-12-5-3-4-6-15(12)18(24)14-7-9-22(10-8-14)17(23)11-16-19-13(2)20-21-16/h3-6,14,18,24H,7-11H2,1-2H3,(H,19,20,21). The predicted molar refractivity (Wildman–Crippen MR) is 90.3 cm³/mol. The summed E-state index contributed by atoms with van der Waals surface area (Å²) in [7, 11) is 0. The zero-order valence-electron chi connectivity index (χ0n) is 14.2. The lowest BCUT2D eigenvalue weighted by atomic mass is 9.86. The molecule has 1 unspecified atom stereocenters. The molecule has 1 fully saturated rings. The first-order valence-electron chi connectivity index (χ1n) is 8.44. The van der Waals surface area contributed by atoms with Gasteiger partial charge in [-0.1, -0.05) is 24.3 Å². The minimum atomic E-state index is -0.459. The van der Waals surface area contributed by atoms with Gasteiger partial charge in [-0.15, -0.1) is 0 Å². The first-order valence-corrected chi connectivity index (χ1v) is 8.44. The van der Waals surface area contributed by atoms with Crippen LogP contribution in [-0.4, -0.2) is 44.2 Å². The van der Waals surface area contributed by atoms with Crippen molar-refractivity contribution in [3.63, 3.8) is 0 Å². The Balaban J connectivity index is 1.55. The molecule has 2 aromatic rings. The third kappa shape index (κ3) is 3.64. The van der Waals surface area contributed by atoms with Gasteiger partial charge in [0.25, 0.3) is 0 Å². The zero-order valence-corrected chi connectivity index (χ0v) is 14.2. The van der Waals surface area contributed by atoms with Gasteiger partial charge in [0.2, 0.25) is 5.91 Å². The first kappa shape index (κ1) is 16.6. The Hall–Kier alpha value is -2.21. The molecular formula is C18H24N4O2. The average molecular weight is 328 g/mol. The maximum atomic E-state index is 12.3. The number of aromatic amines is 1. The largest absolute Gasteiger partial charge is 0.388 e. The molecule has 2 heterocycles. The quantitative estimate of drug-likeness (QED) is 0.898. The van der Waals surface area contributed by atoms with Crippen molar-refractivity contribution in [2.24, 2.45) is 5.92 Å². The van der Waals surface area contributed by atoms with Gasteiger partial charge >= 0.3 is 0 Å². The summed E-state index contributed by atoms with van der Waals surface area (Å²) in [6.45, 7) is 5.20. The van der Waals surface area contributed by atoms with Gasteiger partial charge in [0.15, 0.2) is 5.82 Å². The average Bonchev–Trinajstić information content (AvgIpc) is 2.99. The number of hydrogen-bond donors (Lipinski definition) is 2. The van der Waals surface area contributed by atoms with Crippen LogP contribution in [0.15, 0.2) is 24.3 Å². The lowest BCUT2D eigenvalue weighted by molar-refractivity contribution is -0.132. The number of carbonyl (C=O) groups is 1. The van der Waals surface area contributed by atoms with E-state index in [0.717, 1.165) is 29.8 Å². The van der Waals surface area contributed by atoms with E-state index in [0.29, 0.717) is 18.9 Å². The zero-order chi connectivity index (χ0) is 17.1. The second kappa shape index (κ2) is 7.13. The normalized spacial score (nSPS) is 17.0. The van der Waals surface area contributed by atoms with Gasteiger partial charge in [-0.05, 0) is 43.7 Å². The van der Waals surface area contributed by atoms with Gasteiger partial charge in [-0.3, -0.25) is 9.89 Å². The van der Waals surface area contributed by atoms with Crippen LogP contribution in [0, 0.1) is 19.8 Å². The summed E-state index contributed by atoms with van der Waals surface area (Å²) in [6.07, 6.45) is 1.40. The molecule has 6 nitrogen and oxygen atoms in total. The number of aliphatic hydroxyl groups excluding tert-OH is 1. The number of aryl methyl sites for hydroxylation is 2. The number of piperidine rings is 1. The van der Waals surface area contributed by atoms with Crippen LogP contribution >= 0.6 is 0 Å². The molecule has 1 aliphatic rings. The first-order chi connectivity index (χ1) is 11.5. The third-order valence-electron chi connectivity index (χ3n) is 4.80. The molecule has 0 radical (unpaired) electrons. The smallest absolute Gasteiger partial charge is 0.230 e. The van der Waals surface area contributed by atoms with E-state index in [2.05, 4.69) is 15.2 Å². The highest BCUT2D eigenvalue weighted by molar-refractivity contribution is 5.78. The molecule has 1 saturated heterocycles. The van der Waals surface area contributed by atoms with E-state index >= 15 is 0 Å². The summed E-state index contributed by atoms with van der Waals surface area (Å²) < 4.78 is 0. The molecule has 3 rings (SSSR count). The number of rotatable bonds is 4. The molecular weight excluding hydrogens is 304 g/mol. The monoisotopic (exact) mass is 328 g/mol. The highest BCUT2D eigenvalue weighted by Crippen LogP contribution is 2.32. The van der Waals surface area contributed by atoms with Crippen LogP contribution in [-0.2, 0) is 11.2 Å². The van der Waals surface area contributed by atoms with Gasteiger partial charge in [0.1, 0.15) is 5.82 Å². The van der Waals surface area contributed by atoms with Crippen LogP contribution in [0.1, 0.15) is 41.7 Å². The molecule has 0 aliphatic carbocycles. The van der Waals surface area contributed by atoms with E-state index in [-0.39, 0.29) is 18.2 Å². The second-order valence-electron chi connectivity index (χ2n) is 6.53. The van der Waals surface area contributed by atoms with Crippen LogP contribution in [0.4, 0.5) is 0 Å². The van der Waals surface area contributed by atoms with Crippen molar-refractivity contribution in [1.29, 1.82) is 0 Å². The molecule has 24 heavy (non-hydrogen) atoms. The maximum Gasteiger partial charge on any atom is 0.230 e. The van der Waals surface area contributed by atoms with Crippen molar-refractivity contribution in [3.8, 4) is 0 Å². The fraction of sp³-hybridized carbons (Fsp3) is 0.500. The third-order valence-corrected chi connectivity index (χ3v) is 4.80. The van der Waals surface area contributed by atoms with E-state index in [1.807, 2.05) is 43.0 Å². The van der Waals surface area contributed by atoms with Crippen LogP contribution in [0.2, 0.25) is 0 Å². The highest BCUT2D eigenvalue weighted by Gasteiger charge is 2.29. The number of aliphatic hydroxyl groups is 1. The Morgan fingerprint density at radius 3 is 2.67 bits per heavy atom.